The van der Waals surface area contributed by atoms with E-state index < -0.39 is 0 Å². The van der Waals surface area contributed by atoms with Crippen LogP contribution in [-0.4, -0.2) is 41.1 Å². The van der Waals surface area contributed by atoms with Gasteiger partial charge in [0.05, 0.1) is 23.7 Å². The molecule has 0 unspecified atom stereocenters. The molecule has 1 aromatic heterocycles. The number of amides is 1. The van der Waals surface area contributed by atoms with Crippen LogP contribution in [0, 0.1) is 0 Å². The first kappa shape index (κ1) is 20.1. The quantitative estimate of drug-likeness (QED) is 0.540. The first-order chi connectivity index (χ1) is 13.7. The monoisotopic (exact) mass is 399 g/mol. The summed E-state index contributed by atoms with van der Waals surface area (Å²) in [5.74, 6) is 2.67. The van der Waals surface area contributed by atoms with E-state index in [9.17, 15) is 4.79 Å². The fourth-order valence-corrected chi connectivity index (χ4v) is 3.35. The van der Waals surface area contributed by atoms with Crippen LogP contribution in [0.4, 0.5) is 0 Å². The van der Waals surface area contributed by atoms with E-state index in [1.165, 1.54) is 0 Å². The largest absolute Gasteiger partial charge is 0.490 e. The van der Waals surface area contributed by atoms with Crippen LogP contribution < -0.4 is 14.8 Å². The minimum Gasteiger partial charge on any atom is -0.490 e. The molecule has 1 amide bonds. The highest BCUT2D eigenvalue weighted by Gasteiger charge is 2.19. The summed E-state index contributed by atoms with van der Waals surface area (Å²) < 4.78 is 11.2. The summed E-state index contributed by atoms with van der Waals surface area (Å²) in [7, 11) is 0. The van der Waals surface area contributed by atoms with Gasteiger partial charge in [-0.15, -0.1) is 0 Å². The van der Waals surface area contributed by atoms with E-state index in [2.05, 4.69) is 15.3 Å². The number of rotatable bonds is 10. The summed E-state index contributed by atoms with van der Waals surface area (Å²) in [6.07, 6.45) is 2.83. The van der Waals surface area contributed by atoms with Gasteiger partial charge in [-0.3, -0.25) is 4.79 Å². The number of nitrogens with one attached hydrogen (secondary N) is 2. The second-order valence-electron chi connectivity index (χ2n) is 6.21. The average Bonchev–Trinajstić information content (AvgIpc) is 3.15. The molecule has 1 atom stereocenters. The van der Waals surface area contributed by atoms with E-state index >= 15 is 0 Å². The fourth-order valence-electron chi connectivity index (χ4n) is 2.87. The van der Waals surface area contributed by atoms with Crippen LogP contribution in [0.25, 0.3) is 11.0 Å². The molecule has 2 aromatic carbocycles. The molecule has 148 valence electrons. The molecule has 0 aliphatic heterocycles. The zero-order valence-electron chi connectivity index (χ0n) is 16.1. The molecule has 0 aliphatic rings. The molecule has 6 nitrogen and oxygen atoms in total. The van der Waals surface area contributed by atoms with Gasteiger partial charge in [0, 0.05) is 0 Å². The number of imidazole rings is 1. The van der Waals surface area contributed by atoms with Crippen LogP contribution in [0.1, 0.15) is 25.2 Å². The first-order valence-electron chi connectivity index (χ1n) is 9.28. The van der Waals surface area contributed by atoms with Crippen molar-refractivity contribution < 1.29 is 14.3 Å². The van der Waals surface area contributed by atoms with Crippen LogP contribution in [-0.2, 0) is 4.79 Å². The standard InChI is InChI=1S/C21H25N3O3S/c1-3-26-18-10-6-7-11-19(18)27-14-20(25)22-17(12-13-28-2)21-23-15-8-4-5-9-16(15)24-21/h4-11,17H,3,12-14H2,1-2H3,(H,22,25)(H,23,24)/t17-/m0/s1. The number of aromatic amines is 1. The Labute approximate surface area is 169 Å². The summed E-state index contributed by atoms with van der Waals surface area (Å²) in [4.78, 5) is 20.5. The number of fused-ring (bicyclic) bond motifs is 1. The van der Waals surface area contributed by atoms with Crippen molar-refractivity contribution in [2.75, 3.05) is 25.2 Å². The lowest BCUT2D eigenvalue weighted by Gasteiger charge is -2.17. The van der Waals surface area contributed by atoms with Gasteiger partial charge in [0.2, 0.25) is 0 Å². The van der Waals surface area contributed by atoms with Crippen LogP contribution in [0.5, 0.6) is 11.5 Å². The lowest BCUT2D eigenvalue weighted by Crippen LogP contribution is -2.33. The maximum atomic E-state index is 12.5. The summed E-state index contributed by atoms with van der Waals surface area (Å²) in [6.45, 7) is 2.36. The Hall–Kier alpha value is -2.67. The number of nitrogens with zero attached hydrogens (tertiary/aromatic N) is 1. The molecule has 0 spiro atoms. The number of carbonyl (C=O) groups excluding carboxylic acids is 1. The van der Waals surface area contributed by atoms with Crippen molar-refractivity contribution in [3.63, 3.8) is 0 Å². The van der Waals surface area contributed by atoms with E-state index in [1.807, 2.05) is 55.6 Å². The maximum Gasteiger partial charge on any atom is 0.258 e. The molecule has 0 bridgehead atoms. The molecule has 28 heavy (non-hydrogen) atoms. The molecule has 3 aromatic rings. The van der Waals surface area contributed by atoms with Crippen molar-refractivity contribution in [2.24, 2.45) is 0 Å². The number of carbonyl (C=O) groups is 1. The highest BCUT2D eigenvalue weighted by Crippen LogP contribution is 2.26. The Morgan fingerprint density at radius 1 is 1.14 bits per heavy atom. The molecule has 0 radical (unpaired) electrons. The number of H-pyrrole nitrogens is 1. The lowest BCUT2D eigenvalue weighted by atomic mass is 10.2. The van der Waals surface area contributed by atoms with Crippen LogP contribution >= 0.6 is 11.8 Å². The zero-order valence-corrected chi connectivity index (χ0v) is 16.9. The average molecular weight is 400 g/mol. The van der Waals surface area contributed by atoms with E-state index in [4.69, 9.17) is 9.47 Å². The predicted molar refractivity (Wildman–Crippen MR) is 113 cm³/mol. The van der Waals surface area contributed by atoms with Crippen molar-refractivity contribution in [1.29, 1.82) is 0 Å². The normalized spacial score (nSPS) is 11.9. The third kappa shape index (κ3) is 5.19. The number of hydrogen-bond donors (Lipinski definition) is 2. The molecular formula is C21H25N3O3S. The Morgan fingerprint density at radius 2 is 1.86 bits per heavy atom. The summed E-state index contributed by atoms with van der Waals surface area (Å²) in [5.41, 5.74) is 1.85. The molecule has 3 rings (SSSR count). The van der Waals surface area contributed by atoms with Crippen LogP contribution in [0.3, 0.4) is 0 Å². The van der Waals surface area contributed by atoms with Crippen molar-refractivity contribution in [3.05, 3.63) is 54.4 Å². The van der Waals surface area contributed by atoms with E-state index in [1.54, 1.807) is 17.8 Å². The van der Waals surface area contributed by atoms with Crippen LogP contribution in [0.2, 0.25) is 0 Å². The first-order valence-corrected chi connectivity index (χ1v) is 10.7. The van der Waals surface area contributed by atoms with Gasteiger partial charge >= 0.3 is 0 Å². The number of para-hydroxylation sites is 4. The Kier molecular flexibility index (Phi) is 7.19. The van der Waals surface area contributed by atoms with E-state index in [0.717, 1.165) is 29.0 Å². The summed E-state index contributed by atoms with van der Waals surface area (Å²) >= 11 is 1.74. The van der Waals surface area contributed by atoms with Gasteiger partial charge in [-0.1, -0.05) is 24.3 Å². The highest BCUT2D eigenvalue weighted by molar-refractivity contribution is 7.98. The minimum absolute atomic E-state index is 0.0833. The second kappa shape index (κ2) is 10.0. The Balaban J connectivity index is 1.66. The Bertz CT molecular complexity index is 880. The number of ether oxygens (including phenoxy) is 2. The molecule has 0 aliphatic carbocycles. The minimum atomic E-state index is -0.196. The lowest BCUT2D eigenvalue weighted by molar-refractivity contribution is -0.123. The second-order valence-corrected chi connectivity index (χ2v) is 7.19. The maximum absolute atomic E-state index is 12.5. The third-order valence-electron chi connectivity index (χ3n) is 4.19. The molecule has 0 saturated carbocycles. The van der Waals surface area contributed by atoms with Crippen LogP contribution in [0.15, 0.2) is 48.5 Å². The molecule has 2 N–H and O–H groups in total. The molecule has 0 saturated heterocycles. The van der Waals surface area contributed by atoms with Gasteiger partial charge in [-0.25, -0.2) is 4.98 Å². The van der Waals surface area contributed by atoms with Crippen molar-refractivity contribution in [3.8, 4) is 11.5 Å². The Morgan fingerprint density at radius 3 is 2.57 bits per heavy atom. The SMILES string of the molecule is CCOc1ccccc1OCC(=O)N[C@@H](CCSC)c1nc2ccccc2[nH]1. The predicted octanol–water partition coefficient (Wildman–Crippen LogP) is 3.95. The van der Waals surface area contributed by atoms with Gasteiger partial charge < -0.3 is 19.8 Å². The van der Waals surface area contributed by atoms with Gasteiger partial charge in [0.1, 0.15) is 5.82 Å². The fraction of sp³-hybridized carbons (Fsp3) is 0.333. The van der Waals surface area contributed by atoms with Crippen molar-refractivity contribution in [1.82, 2.24) is 15.3 Å². The summed E-state index contributed by atoms with van der Waals surface area (Å²) in [6, 6.07) is 15.0. The van der Waals surface area contributed by atoms with Gasteiger partial charge in [-0.2, -0.15) is 11.8 Å². The number of aromatic nitrogens is 2. The highest BCUT2D eigenvalue weighted by atomic mass is 32.2. The smallest absolute Gasteiger partial charge is 0.258 e. The molecular weight excluding hydrogens is 374 g/mol. The number of benzene rings is 2. The molecule has 7 heteroatoms. The van der Waals surface area contributed by atoms with E-state index in [-0.39, 0.29) is 18.6 Å². The van der Waals surface area contributed by atoms with Crippen molar-refractivity contribution >= 4 is 28.7 Å². The topological polar surface area (TPSA) is 76.2 Å². The number of thioether (sulfide) groups is 1. The van der Waals surface area contributed by atoms with Gasteiger partial charge in [0.15, 0.2) is 18.1 Å². The van der Waals surface area contributed by atoms with E-state index in [0.29, 0.717) is 18.1 Å². The molecule has 0 fully saturated rings. The zero-order chi connectivity index (χ0) is 19.8. The van der Waals surface area contributed by atoms with Gasteiger partial charge in [-0.05, 0) is 49.6 Å². The number of hydrogen-bond acceptors (Lipinski definition) is 5. The van der Waals surface area contributed by atoms with Crippen molar-refractivity contribution in [2.45, 2.75) is 19.4 Å². The molecule has 1 heterocycles. The third-order valence-corrected chi connectivity index (χ3v) is 4.84. The van der Waals surface area contributed by atoms with Gasteiger partial charge in [0.25, 0.3) is 5.91 Å². The summed E-state index contributed by atoms with van der Waals surface area (Å²) in [5, 5.41) is 3.04.